The van der Waals surface area contributed by atoms with E-state index in [1.54, 1.807) is 41.1 Å². The SMILES string of the molecule is Oc1ccc2nnc(-c3ccco3)n2c1. The predicted molar refractivity (Wildman–Crippen MR) is 52.4 cm³/mol. The second-order valence-electron chi connectivity index (χ2n) is 3.12. The third-order valence-electron chi connectivity index (χ3n) is 2.13. The van der Waals surface area contributed by atoms with Crippen molar-refractivity contribution in [1.29, 1.82) is 0 Å². The number of hydrogen-bond acceptors (Lipinski definition) is 4. The summed E-state index contributed by atoms with van der Waals surface area (Å²) in [7, 11) is 0. The van der Waals surface area contributed by atoms with Gasteiger partial charge in [-0.3, -0.25) is 4.40 Å². The van der Waals surface area contributed by atoms with E-state index in [2.05, 4.69) is 10.2 Å². The van der Waals surface area contributed by atoms with Crippen molar-refractivity contribution < 1.29 is 9.52 Å². The van der Waals surface area contributed by atoms with Gasteiger partial charge in [-0.1, -0.05) is 0 Å². The van der Waals surface area contributed by atoms with Crippen LogP contribution in [-0.2, 0) is 0 Å². The molecule has 0 aliphatic heterocycles. The van der Waals surface area contributed by atoms with E-state index in [0.717, 1.165) is 0 Å². The Kier molecular flexibility index (Phi) is 1.53. The highest BCUT2D eigenvalue weighted by atomic mass is 16.3. The van der Waals surface area contributed by atoms with Gasteiger partial charge in [-0.2, -0.15) is 0 Å². The van der Waals surface area contributed by atoms with Gasteiger partial charge >= 0.3 is 0 Å². The third-order valence-corrected chi connectivity index (χ3v) is 2.13. The number of pyridine rings is 1. The Morgan fingerprint density at radius 2 is 2.13 bits per heavy atom. The van der Waals surface area contributed by atoms with Crippen molar-refractivity contribution in [2.45, 2.75) is 0 Å². The molecule has 0 saturated heterocycles. The molecule has 0 aliphatic rings. The maximum atomic E-state index is 9.36. The summed E-state index contributed by atoms with van der Waals surface area (Å²) in [5, 5.41) is 17.3. The highest BCUT2D eigenvalue weighted by molar-refractivity contribution is 5.54. The van der Waals surface area contributed by atoms with Crippen LogP contribution >= 0.6 is 0 Å². The largest absolute Gasteiger partial charge is 0.506 e. The second-order valence-corrected chi connectivity index (χ2v) is 3.12. The van der Waals surface area contributed by atoms with Crippen LogP contribution in [0.3, 0.4) is 0 Å². The molecule has 0 fully saturated rings. The number of nitrogens with zero attached hydrogens (tertiary/aromatic N) is 3. The number of aromatic nitrogens is 3. The summed E-state index contributed by atoms with van der Waals surface area (Å²) in [6.45, 7) is 0. The van der Waals surface area contributed by atoms with Gasteiger partial charge in [0, 0.05) is 0 Å². The third kappa shape index (κ3) is 1.17. The van der Waals surface area contributed by atoms with E-state index in [0.29, 0.717) is 17.2 Å². The molecule has 0 amide bonds. The summed E-state index contributed by atoms with van der Waals surface area (Å²) in [6.07, 6.45) is 3.12. The minimum absolute atomic E-state index is 0.162. The zero-order chi connectivity index (χ0) is 10.3. The number of furan rings is 1. The Bertz CT molecular complexity index is 598. The average Bonchev–Trinajstić information content (AvgIpc) is 2.83. The van der Waals surface area contributed by atoms with Crippen molar-refractivity contribution in [2.24, 2.45) is 0 Å². The molecule has 0 bridgehead atoms. The van der Waals surface area contributed by atoms with E-state index in [1.807, 2.05) is 0 Å². The molecule has 3 rings (SSSR count). The zero-order valence-corrected chi connectivity index (χ0v) is 7.66. The molecule has 0 atom stereocenters. The highest BCUT2D eigenvalue weighted by Gasteiger charge is 2.10. The molecule has 0 aliphatic carbocycles. The Morgan fingerprint density at radius 3 is 2.93 bits per heavy atom. The Hall–Kier alpha value is -2.30. The van der Waals surface area contributed by atoms with Crippen molar-refractivity contribution in [3.63, 3.8) is 0 Å². The lowest BCUT2D eigenvalue weighted by Gasteiger charge is -1.96. The van der Waals surface area contributed by atoms with Crippen molar-refractivity contribution in [3.8, 4) is 17.3 Å². The van der Waals surface area contributed by atoms with Crippen LogP contribution < -0.4 is 0 Å². The van der Waals surface area contributed by atoms with E-state index in [1.165, 1.54) is 0 Å². The summed E-state index contributed by atoms with van der Waals surface area (Å²) in [6, 6.07) is 6.82. The van der Waals surface area contributed by atoms with Crippen LogP contribution in [0, 0.1) is 0 Å². The molecule has 1 N–H and O–H groups in total. The van der Waals surface area contributed by atoms with Gasteiger partial charge in [-0.15, -0.1) is 10.2 Å². The van der Waals surface area contributed by atoms with Gasteiger partial charge in [0.15, 0.2) is 11.4 Å². The summed E-state index contributed by atoms with van der Waals surface area (Å²) in [5.74, 6) is 1.36. The molecule has 3 heterocycles. The maximum absolute atomic E-state index is 9.36. The molecule has 5 nitrogen and oxygen atoms in total. The normalized spacial score (nSPS) is 10.9. The van der Waals surface area contributed by atoms with Gasteiger partial charge in [-0.05, 0) is 24.3 Å². The summed E-state index contributed by atoms with van der Waals surface area (Å²) >= 11 is 0. The Morgan fingerprint density at radius 1 is 1.20 bits per heavy atom. The van der Waals surface area contributed by atoms with E-state index < -0.39 is 0 Å². The van der Waals surface area contributed by atoms with Crippen molar-refractivity contribution in [1.82, 2.24) is 14.6 Å². The second kappa shape index (κ2) is 2.84. The van der Waals surface area contributed by atoms with E-state index in [-0.39, 0.29) is 5.75 Å². The number of rotatable bonds is 1. The molecule has 3 aromatic rings. The van der Waals surface area contributed by atoms with Crippen LogP contribution in [0.1, 0.15) is 0 Å². The van der Waals surface area contributed by atoms with Gasteiger partial charge in [0.2, 0.25) is 5.82 Å². The van der Waals surface area contributed by atoms with Crippen LogP contribution in [0.25, 0.3) is 17.2 Å². The predicted octanol–water partition coefficient (Wildman–Crippen LogP) is 1.69. The van der Waals surface area contributed by atoms with Crippen LogP contribution in [0.5, 0.6) is 5.75 Å². The minimum Gasteiger partial charge on any atom is -0.506 e. The van der Waals surface area contributed by atoms with Crippen LogP contribution in [0.15, 0.2) is 41.1 Å². The first-order valence-corrected chi connectivity index (χ1v) is 4.42. The van der Waals surface area contributed by atoms with Gasteiger partial charge in [0.1, 0.15) is 5.75 Å². The Balaban J connectivity index is 2.32. The smallest absolute Gasteiger partial charge is 0.204 e. The van der Waals surface area contributed by atoms with E-state index in [9.17, 15) is 5.11 Å². The number of hydrogen-bond donors (Lipinski definition) is 1. The molecule has 0 unspecified atom stereocenters. The first-order chi connectivity index (χ1) is 7.34. The first-order valence-electron chi connectivity index (χ1n) is 4.42. The van der Waals surface area contributed by atoms with Gasteiger partial charge in [0.25, 0.3) is 0 Å². The molecule has 74 valence electrons. The summed E-state index contributed by atoms with van der Waals surface area (Å²) in [5.41, 5.74) is 0.666. The summed E-state index contributed by atoms with van der Waals surface area (Å²) < 4.78 is 6.90. The average molecular weight is 201 g/mol. The number of aromatic hydroxyl groups is 1. The van der Waals surface area contributed by atoms with Crippen molar-refractivity contribution >= 4 is 5.65 Å². The zero-order valence-electron chi connectivity index (χ0n) is 7.66. The number of fused-ring (bicyclic) bond motifs is 1. The molecule has 0 spiro atoms. The molecule has 3 aromatic heterocycles. The summed E-state index contributed by atoms with van der Waals surface area (Å²) in [4.78, 5) is 0. The van der Waals surface area contributed by atoms with Crippen molar-refractivity contribution in [2.75, 3.05) is 0 Å². The lowest BCUT2D eigenvalue weighted by Crippen LogP contribution is -1.86. The quantitative estimate of drug-likeness (QED) is 0.650. The molecule has 0 aromatic carbocycles. The fourth-order valence-electron chi connectivity index (χ4n) is 1.45. The van der Waals surface area contributed by atoms with E-state index >= 15 is 0 Å². The van der Waals surface area contributed by atoms with Gasteiger partial charge < -0.3 is 9.52 Å². The van der Waals surface area contributed by atoms with Crippen molar-refractivity contribution in [3.05, 3.63) is 36.7 Å². The minimum atomic E-state index is 0.162. The molecular weight excluding hydrogens is 194 g/mol. The molecule has 0 radical (unpaired) electrons. The van der Waals surface area contributed by atoms with Gasteiger partial charge in [-0.25, -0.2) is 0 Å². The highest BCUT2D eigenvalue weighted by Crippen LogP contribution is 2.20. The van der Waals surface area contributed by atoms with Crippen LogP contribution in [-0.4, -0.2) is 19.7 Å². The lowest BCUT2D eigenvalue weighted by atomic mass is 10.4. The Labute approximate surface area is 84.6 Å². The van der Waals surface area contributed by atoms with Crippen LogP contribution in [0.2, 0.25) is 0 Å². The first kappa shape index (κ1) is 8.05. The fourth-order valence-corrected chi connectivity index (χ4v) is 1.45. The monoisotopic (exact) mass is 201 g/mol. The molecule has 5 heteroatoms. The lowest BCUT2D eigenvalue weighted by molar-refractivity contribution is 0.472. The maximum Gasteiger partial charge on any atom is 0.204 e. The standard InChI is InChI=1S/C10H7N3O2/c14-7-3-4-9-11-12-10(13(9)6-7)8-2-1-5-15-8/h1-6,14H. The van der Waals surface area contributed by atoms with Gasteiger partial charge in [0.05, 0.1) is 12.5 Å². The molecular formula is C10H7N3O2. The molecule has 15 heavy (non-hydrogen) atoms. The fraction of sp³-hybridized carbons (Fsp3) is 0. The molecule has 0 saturated carbocycles. The topological polar surface area (TPSA) is 63.6 Å². The van der Waals surface area contributed by atoms with E-state index in [4.69, 9.17) is 4.42 Å². The van der Waals surface area contributed by atoms with Crippen LogP contribution in [0.4, 0.5) is 0 Å².